The molecule has 0 spiro atoms. The first-order valence-electron chi connectivity index (χ1n) is 7.00. The smallest absolute Gasteiger partial charge is 0.0417 e. The van der Waals surface area contributed by atoms with Crippen LogP contribution < -0.4 is 5.32 Å². The molecular weight excluding hydrogens is 240 g/mol. The van der Waals surface area contributed by atoms with Crippen LogP contribution in [0.2, 0.25) is 0 Å². The number of thiophene rings is 1. The molecule has 18 heavy (non-hydrogen) atoms. The maximum Gasteiger partial charge on any atom is 0.0417 e. The molecule has 0 amide bonds. The lowest BCUT2D eigenvalue weighted by Gasteiger charge is -2.47. The standard InChI is InChI=1S/C15H26N2S/c1-6-13-9-16-15(4,5)10-17(13)12(3)14-8-7-11(2)18-14/h7-8,12-13,16H,6,9-10H2,1-5H3. The second kappa shape index (κ2) is 5.32. The number of rotatable bonds is 3. The second-order valence-electron chi connectivity index (χ2n) is 6.12. The van der Waals surface area contributed by atoms with Gasteiger partial charge in [0.05, 0.1) is 0 Å². The van der Waals surface area contributed by atoms with Crippen molar-refractivity contribution in [3.63, 3.8) is 0 Å². The summed E-state index contributed by atoms with van der Waals surface area (Å²) in [5, 5.41) is 3.66. The summed E-state index contributed by atoms with van der Waals surface area (Å²) in [5.74, 6) is 0. The normalized spacial score (nSPS) is 26.2. The maximum absolute atomic E-state index is 3.66. The third kappa shape index (κ3) is 2.95. The highest BCUT2D eigenvalue weighted by atomic mass is 32.1. The molecule has 2 nitrogen and oxygen atoms in total. The lowest BCUT2D eigenvalue weighted by atomic mass is 9.95. The van der Waals surface area contributed by atoms with Crippen molar-refractivity contribution in [2.75, 3.05) is 13.1 Å². The van der Waals surface area contributed by atoms with E-state index in [2.05, 4.69) is 57.0 Å². The molecule has 0 aromatic carbocycles. The highest BCUT2D eigenvalue weighted by molar-refractivity contribution is 7.12. The van der Waals surface area contributed by atoms with Crippen LogP contribution >= 0.6 is 11.3 Å². The Morgan fingerprint density at radius 3 is 2.78 bits per heavy atom. The van der Waals surface area contributed by atoms with E-state index in [9.17, 15) is 0 Å². The van der Waals surface area contributed by atoms with Gasteiger partial charge in [0.25, 0.3) is 0 Å². The molecule has 1 aromatic rings. The highest BCUT2D eigenvalue weighted by Gasteiger charge is 2.34. The molecule has 1 aromatic heterocycles. The molecule has 1 N–H and O–H groups in total. The van der Waals surface area contributed by atoms with E-state index >= 15 is 0 Å². The molecule has 1 aliphatic rings. The summed E-state index contributed by atoms with van der Waals surface area (Å²) in [5.41, 5.74) is 0.228. The van der Waals surface area contributed by atoms with Crippen molar-refractivity contribution in [2.45, 2.75) is 58.7 Å². The van der Waals surface area contributed by atoms with E-state index in [0.717, 1.165) is 13.1 Å². The Bertz CT molecular complexity index is 397. The summed E-state index contributed by atoms with van der Waals surface area (Å²) in [4.78, 5) is 5.60. The van der Waals surface area contributed by atoms with Crippen LogP contribution in [0.3, 0.4) is 0 Å². The zero-order valence-corrected chi connectivity index (χ0v) is 13.1. The molecule has 3 heteroatoms. The van der Waals surface area contributed by atoms with Gasteiger partial charge in [-0.2, -0.15) is 0 Å². The molecule has 2 heterocycles. The predicted octanol–water partition coefficient (Wildman–Crippen LogP) is 3.58. The van der Waals surface area contributed by atoms with Gasteiger partial charge >= 0.3 is 0 Å². The molecule has 0 saturated carbocycles. The SMILES string of the molecule is CCC1CNC(C)(C)CN1C(C)c1ccc(C)s1. The summed E-state index contributed by atoms with van der Waals surface area (Å²) >= 11 is 1.94. The molecule has 1 fully saturated rings. The third-order valence-electron chi connectivity index (χ3n) is 4.00. The second-order valence-corrected chi connectivity index (χ2v) is 7.44. The topological polar surface area (TPSA) is 15.3 Å². The van der Waals surface area contributed by atoms with Gasteiger partial charge in [0, 0.05) is 40.5 Å². The van der Waals surface area contributed by atoms with E-state index in [0.29, 0.717) is 12.1 Å². The van der Waals surface area contributed by atoms with Crippen LogP contribution in [0.25, 0.3) is 0 Å². The minimum atomic E-state index is 0.228. The molecule has 2 atom stereocenters. The number of nitrogens with one attached hydrogen (secondary N) is 1. The first-order valence-corrected chi connectivity index (χ1v) is 7.81. The maximum atomic E-state index is 3.66. The predicted molar refractivity (Wildman–Crippen MR) is 80.3 cm³/mol. The van der Waals surface area contributed by atoms with Crippen molar-refractivity contribution in [1.29, 1.82) is 0 Å². The van der Waals surface area contributed by atoms with Crippen LogP contribution in [0.15, 0.2) is 12.1 Å². The lowest BCUT2D eigenvalue weighted by molar-refractivity contribution is 0.0593. The van der Waals surface area contributed by atoms with Crippen molar-refractivity contribution < 1.29 is 0 Å². The fraction of sp³-hybridized carbons (Fsp3) is 0.733. The van der Waals surface area contributed by atoms with Crippen LogP contribution in [0.1, 0.15) is 49.9 Å². The molecule has 0 bridgehead atoms. The Kier molecular flexibility index (Phi) is 4.15. The first-order chi connectivity index (χ1) is 8.43. The number of aryl methyl sites for hydroxylation is 1. The van der Waals surface area contributed by atoms with E-state index in [4.69, 9.17) is 0 Å². The molecule has 102 valence electrons. The highest BCUT2D eigenvalue weighted by Crippen LogP contribution is 2.32. The van der Waals surface area contributed by atoms with Gasteiger partial charge in [-0.3, -0.25) is 4.90 Å². The van der Waals surface area contributed by atoms with E-state index < -0.39 is 0 Å². The number of hydrogen-bond donors (Lipinski definition) is 1. The van der Waals surface area contributed by atoms with E-state index in [1.807, 2.05) is 11.3 Å². The van der Waals surface area contributed by atoms with Crippen LogP contribution in [-0.4, -0.2) is 29.6 Å². The van der Waals surface area contributed by atoms with Crippen molar-refractivity contribution in [3.05, 3.63) is 21.9 Å². The van der Waals surface area contributed by atoms with Crippen molar-refractivity contribution in [3.8, 4) is 0 Å². The van der Waals surface area contributed by atoms with Gasteiger partial charge in [0.1, 0.15) is 0 Å². The number of hydrogen-bond acceptors (Lipinski definition) is 3. The van der Waals surface area contributed by atoms with Gasteiger partial charge in [-0.25, -0.2) is 0 Å². The van der Waals surface area contributed by atoms with Crippen molar-refractivity contribution >= 4 is 11.3 Å². The Hall–Kier alpha value is -0.380. The quantitative estimate of drug-likeness (QED) is 0.899. The average molecular weight is 266 g/mol. The van der Waals surface area contributed by atoms with E-state index in [-0.39, 0.29) is 5.54 Å². The zero-order chi connectivity index (χ0) is 13.3. The fourth-order valence-electron chi connectivity index (χ4n) is 2.83. The lowest BCUT2D eigenvalue weighted by Crippen LogP contribution is -2.61. The van der Waals surface area contributed by atoms with Gasteiger partial charge in [-0.15, -0.1) is 11.3 Å². The minimum Gasteiger partial charge on any atom is -0.309 e. The van der Waals surface area contributed by atoms with E-state index in [1.54, 1.807) is 0 Å². The van der Waals surface area contributed by atoms with Gasteiger partial charge < -0.3 is 5.32 Å². The molecular formula is C15H26N2S. The average Bonchev–Trinajstić information content (AvgIpc) is 2.74. The largest absolute Gasteiger partial charge is 0.309 e. The summed E-state index contributed by atoms with van der Waals surface area (Å²) in [7, 11) is 0. The third-order valence-corrected chi connectivity index (χ3v) is 5.18. The minimum absolute atomic E-state index is 0.228. The van der Waals surface area contributed by atoms with Gasteiger partial charge in [0.15, 0.2) is 0 Å². The Morgan fingerprint density at radius 2 is 2.22 bits per heavy atom. The van der Waals surface area contributed by atoms with Gasteiger partial charge in [-0.05, 0) is 46.2 Å². The summed E-state index contributed by atoms with van der Waals surface area (Å²) in [6.07, 6.45) is 1.22. The van der Waals surface area contributed by atoms with Crippen LogP contribution in [0.5, 0.6) is 0 Å². The Balaban J connectivity index is 2.17. The molecule has 0 aliphatic carbocycles. The van der Waals surface area contributed by atoms with Crippen LogP contribution in [0.4, 0.5) is 0 Å². The molecule has 1 saturated heterocycles. The first kappa shape index (κ1) is 14.0. The van der Waals surface area contributed by atoms with Gasteiger partial charge in [-0.1, -0.05) is 6.92 Å². The number of nitrogens with zero attached hydrogens (tertiary/aromatic N) is 1. The number of piperazine rings is 1. The zero-order valence-electron chi connectivity index (χ0n) is 12.3. The monoisotopic (exact) mass is 266 g/mol. The van der Waals surface area contributed by atoms with Crippen LogP contribution in [-0.2, 0) is 0 Å². The molecule has 0 radical (unpaired) electrons. The Morgan fingerprint density at radius 1 is 1.50 bits per heavy atom. The van der Waals surface area contributed by atoms with Crippen molar-refractivity contribution in [2.24, 2.45) is 0 Å². The summed E-state index contributed by atoms with van der Waals surface area (Å²) in [6.45, 7) is 13.7. The van der Waals surface area contributed by atoms with Crippen molar-refractivity contribution in [1.82, 2.24) is 10.2 Å². The van der Waals surface area contributed by atoms with E-state index in [1.165, 1.54) is 16.2 Å². The Labute approximate surface area is 115 Å². The summed E-state index contributed by atoms with van der Waals surface area (Å²) < 4.78 is 0. The summed E-state index contributed by atoms with van der Waals surface area (Å²) in [6, 6.07) is 5.74. The fourth-order valence-corrected chi connectivity index (χ4v) is 3.78. The molecule has 1 aliphatic heterocycles. The van der Waals surface area contributed by atoms with Gasteiger partial charge in [0.2, 0.25) is 0 Å². The molecule has 2 unspecified atom stereocenters. The van der Waals surface area contributed by atoms with Crippen LogP contribution in [0, 0.1) is 6.92 Å². The molecule has 2 rings (SSSR count).